The van der Waals surface area contributed by atoms with Gasteiger partial charge in [0.2, 0.25) is 0 Å². The molecule has 1 aromatic heterocycles. The number of benzene rings is 1. The zero-order valence-electron chi connectivity index (χ0n) is 7.40. The Bertz CT molecular complexity index is 439. The number of hydrogen-bond acceptors (Lipinski definition) is 3. The van der Waals surface area contributed by atoms with Gasteiger partial charge in [-0.3, -0.25) is 0 Å². The molecule has 2 nitrogen and oxygen atoms in total. The molecule has 72 valence electrons. The number of nitrogens with two attached hydrogens (primary N) is 1. The Labute approximate surface area is 85.2 Å². The summed E-state index contributed by atoms with van der Waals surface area (Å²) in [5.41, 5.74) is 6.43. The maximum atomic E-state index is 12.8. The van der Waals surface area contributed by atoms with Gasteiger partial charge in [-0.05, 0) is 17.7 Å². The molecule has 0 unspecified atom stereocenters. The maximum absolute atomic E-state index is 12.8. The van der Waals surface area contributed by atoms with E-state index in [-0.39, 0.29) is 5.82 Å². The van der Waals surface area contributed by atoms with E-state index in [1.807, 2.05) is 6.07 Å². The summed E-state index contributed by atoms with van der Waals surface area (Å²) < 4.78 is 12.8. The summed E-state index contributed by atoms with van der Waals surface area (Å²) in [4.78, 5) is 4.99. The first-order chi connectivity index (χ1) is 6.74. The molecule has 0 aliphatic heterocycles. The minimum absolute atomic E-state index is 0.208. The summed E-state index contributed by atoms with van der Waals surface area (Å²) in [5.74, 6) is -0.208. The van der Waals surface area contributed by atoms with Crippen molar-refractivity contribution >= 4 is 16.5 Å². The van der Waals surface area contributed by atoms with Crippen molar-refractivity contribution in [2.24, 2.45) is 0 Å². The van der Waals surface area contributed by atoms with Gasteiger partial charge in [0, 0.05) is 17.5 Å². The van der Waals surface area contributed by atoms with Gasteiger partial charge in [-0.2, -0.15) is 0 Å². The molecule has 2 aromatic rings. The van der Waals surface area contributed by atoms with Gasteiger partial charge in [-0.15, -0.1) is 11.3 Å². The van der Waals surface area contributed by atoms with Crippen LogP contribution in [0.1, 0.15) is 10.4 Å². The average molecular weight is 208 g/mol. The molecule has 0 bridgehead atoms. The summed E-state index contributed by atoms with van der Waals surface area (Å²) in [7, 11) is 0. The van der Waals surface area contributed by atoms with Crippen LogP contribution in [0.4, 0.5) is 9.52 Å². The average Bonchev–Trinajstić information content (AvgIpc) is 2.51. The number of nitrogen functional groups attached to an aromatic ring is 1. The van der Waals surface area contributed by atoms with Crippen LogP contribution in [-0.4, -0.2) is 4.98 Å². The fraction of sp³-hybridized carbons (Fsp3) is 0.100. The first-order valence-corrected chi connectivity index (χ1v) is 5.00. The maximum Gasteiger partial charge on any atom is 0.180 e. The molecule has 0 amide bonds. The molecule has 0 fully saturated rings. The molecule has 0 radical (unpaired) electrons. The summed E-state index contributed by atoms with van der Waals surface area (Å²) in [6.45, 7) is 0. The molecule has 0 spiro atoms. The Morgan fingerprint density at radius 1 is 1.43 bits per heavy atom. The lowest BCUT2D eigenvalue weighted by molar-refractivity contribution is 0.626. The fourth-order valence-electron chi connectivity index (χ4n) is 1.25. The highest BCUT2D eigenvalue weighted by Gasteiger charge is 2.01. The van der Waals surface area contributed by atoms with Crippen LogP contribution in [0.15, 0.2) is 30.5 Å². The Morgan fingerprint density at radius 2 is 2.29 bits per heavy atom. The van der Waals surface area contributed by atoms with Crippen molar-refractivity contribution in [2.75, 3.05) is 5.73 Å². The van der Waals surface area contributed by atoms with Crippen LogP contribution in [0, 0.1) is 5.82 Å². The Hall–Kier alpha value is -1.42. The third-order valence-corrected chi connectivity index (χ3v) is 2.67. The second kappa shape index (κ2) is 3.75. The zero-order chi connectivity index (χ0) is 9.97. The molecular formula is C10H9FN2S. The highest BCUT2D eigenvalue weighted by molar-refractivity contribution is 7.15. The van der Waals surface area contributed by atoms with Crippen LogP contribution in [0.2, 0.25) is 0 Å². The summed E-state index contributed by atoms with van der Waals surface area (Å²) >= 11 is 1.43. The zero-order valence-corrected chi connectivity index (χ0v) is 8.22. The first-order valence-electron chi connectivity index (χ1n) is 4.18. The highest BCUT2D eigenvalue weighted by Crippen LogP contribution is 2.18. The normalized spacial score (nSPS) is 10.4. The van der Waals surface area contributed by atoms with E-state index in [0.29, 0.717) is 11.6 Å². The largest absolute Gasteiger partial charge is 0.375 e. The van der Waals surface area contributed by atoms with Crippen LogP contribution >= 0.6 is 11.3 Å². The molecule has 2 N–H and O–H groups in total. The monoisotopic (exact) mass is 208 g/mol. The molecule has 1 heterocycles. The number of aromatic nitrogens is 1. The lowest BCUT2D eigenvalue weighted by Crippen LogP contribution is -1.85. The van der Waals surface area contributed by atoms with Gasteiger partial charge in [-0.1, -0.05) is 12.1 Å². The van der Waals surface area contributed by atoms with E-state index in [4.69, 9.17) is 5.73 Å². The molecular weight excluding hydrogens is 199 g/mol. The standard InChI is InChI=1S/C10H9FN2S/c11-8-3-1-2-7(4-8)5-9-6-13-10(12)14-9/h1-4,6H,5H2,(H2,12,13). The van der Waals surface area contributed by atoms with Crippen LogP contribution in [0.5, 0.6) is 0 Å². The van der Waals surface area contributed by atoms with Gasteiger partial charge in [-0.25, -0.2) is 9.37 Å². The van der Waals surface area contributed by atoms with Gasteiger partial charge in [0.25, 0.3) is 0 Å². The molecule has 14 heavy (non-hydrogen) atoms. The molecule has 4 heteroatoms. The lowest BCUT2D eigenvalue weighted by Gasteiger charge is -1.97. The highest BCUT2D eigenvalue weighted by atomic mass is 32.1. The van der Waals surface area contributed by atoms with Crippen molar-refractivity contribution in [3.8, 4) is 0 Å². The van der Waals surface area contributed by atoms with E-state index in [9.17, 15) is 4.39 Å². The third kappa shape index (κ3) is 2.09. The topological polar surface area (TPSA) is 38.9 Å². The second-order valence-electron chi connectivity index (χ2n) is 2.97. The number of rotatable bonds is 2. The predicted octanol–water partition coefficient (Wildman–Crippen LogP) is 2.46. The molecule has 2 rings (SSSR count). The smallest absolute Gasteiger partial charge is 0.180 e. The van der Waals surface area contributed by atoms with E-state index < -0.39 is 0 Å². The predicted molar refractivity (Wildman–Crippen MR) is 55.7 cm³/mol. The van der Waals surface area contributed by atoms with E-state index >= 15 is 0 Å². The molecule has 0 atom stereocenters. The lowest BCUT2D eigenvalue weighted by atomic mass is 10.1. The molecule has 0 saturated carbocycles. The van der Waals surface area contributed by atoms with Crippen molar-refractivity contribution in [3.63, 3.8) is 0 Å². The summed E-state index contributed by atoms with van der Waals surface area (Å²) in [6.07, 6.45) is 2.41. The third-order valence-electron chi connectivity index (χ3n) is 1.84. The second-order valence-corrected chi connectivity index (χ2v) is 4.12. The summed E-state index contributed by atoms with van der Waals surface area (Å²) in [5, 5.41) is 0.552. The van der Waals surface area contributed by atoms with Gasteiger partial charge >= 0.3 is 0 Å². The number of hydrogen-bond donors (Lipinski definition) is 1. The van der Waals surface area contributed by atoms with Crippen LogP contribution in [-0.2, 0) is 6.42 Å². The van der Waals surface area contributed by atoms with Gasteiger partial charge in [0.05, 0.1) is 0 Å². The van der Waals surface area contributed by atoms with Crippen LogP contribution in [0.25, 0.3) is 0 Å². The SMILES string of the molecule is Nc1ncc(Cc2cccc(F)c2)s1. The number of nitrogens with zero attached hydrogens (tertiary/aromatic N) is 1. The fourth-order valence-corrected chi connectivity index (χ4v) is 1.97. The number of thiazole rings is 1. The van der Waals surface area contributed by atoms with Gasteiger partial charge in [0.1, 0.15) is 5.82 Å². The molecule has 0 aliphatic carbocycles. The Kier molecular flexibility index (Phi) is 2.45. The Morgan fingerprint density at radius 3 is 2.93 bits per heavy atom. The van der Waals surface area contributed by atoms with Crippen molar-refractivity contribution in [1.82, 2.24) is 4.98 Å². The van der Waals surface area contributed by atoms with E-state index in [2.05, 4.69) is 4.98 Å². The minimum atomic E-state index is -0.208. The number of halogens is 1. The van der Waals surface area contributed by atoms with E-state index in [0.717, 1.165) is 10.4 Å². The van der Waals surface area contributed by atoms with Crippen molar-refractivity contribution in [3.05, 3.63) is 46.7 Å². The molecule has 1 aromatic carbocycles. The van der Waals surface area contributed by atoms with E-state index in [1.165, 1.54) is 23.5 Å². The van der Waals surface area contributed by atoms with Crippen molar-refractivity contribution in [1.29, 1.82) is 0 Å². The number of anilines is 1. The van der Waals surface area contributed by atoms with E-state index in [1.54, 1.807) is 12.3 Å². The first kappa shape index (κ1) is 9.15. The van der Waals surface area contributed by atoms with Crippen molar-refractivity contribution in [2.45, 2.75) is 6.42 Å². The molecule has 0 aliphatic rings. The van der Waals surface area contributed by atoms with Crippen LogP contribution < -0.4 is 5.73 Å². The Balaban J connectivity index is 2.18. The minimum Gasteiger partial charge on any atom is -0.375 e. The summed E-state index contributed by atoms with van der Waals surface area (Å²) in [6, 6.07) is 6.55. The van der Waals surface area contributed by atoms with Gasteiger partial charge in [0.15, 0.2) is 5.13 Å². The van der Waals surface area contributed by atoms with Gasteiger partial charge < -0.3 is 5.73 Å². The quantitative estimate of drug-likeness (QED) is 0.823. The van der Waals surface area contributed by atoms with Crippen molar-refractivity contribution < 1.29 is 4.39 Å². The van der Waals surface area contributed by atoms with Crippen LogP contribution in [0.3, 0.4) is 0 Å². The molecule has 0 saturated heterocycles.